The Bertz CT molecular complexity index is 461. The predicted octanol–water partition coefficient (Wildman–Crippen LogP) is 1.76. The summed E-state index contributed by atoms with van der Waals surface area (Å²) in [6.45, 7) is 3.71. The van der Waals surface area contributed by atoms with Gasteiger partial charge in [0.25, 0.3) is 0 Å². The number of amides is 1. The third kappa shape index (κ3) is 5.11. The molecule has 0 aliphatic carbocycles. The summed E-state index contributed by atoms with van der Waals surface area (Å²) in [5.74, 6) is -0.263. The first-order valence-corrected chi connectivity index (χ1v) is 7.05. The molecule has 1 fully saturated rings. The zero-order valence-electron chi connectivity index (χ0n) is 11.9. The average Bonchev–Trinajstić information content (AvgIpc) is 2.44. The van der Waals surface area contributed by atoms with E-state index in [-0.39, 0.29) is 30.7 Å². The molecule has 0 radical (unpaired) electrons. The van der Waals surface area contributed by atoms with E-state index in [4.69, 9.17) is 11.6 Å². The smallest absolute Gasteiger partial charge is 0.236 e. The van der Waals surface area contributed by atoms with Gasteiger partial charge >= 0.3 is 0 Å². The van der Waals surface area contributed by atoms with E-state index in [1.54, 1.807) is 24.1 Å². The van der Waals surface area contributed by atoms with Crippen LogP contribution in [0, 0.1) is 5.82 Å². The van der Waals surface area contributed by atoms with Crippen molar-refractivity contribution >= 4 is 29.9 Å². The van der Waals surface area contributed by atoms with E-state index in [0.717, 1.165) is 26.2 Å². The summed E-state index contributed by atoms with van der Waals surface area (Å²) >= 11 is 5.99. The molecule has 1 saturated heterocycles. The third-order valence-corrected chi connectivity index (χ3v) is 3.72. The highest BCUT2D eigenvalue weighted by molar-refractivity contribution is 6.31. The minimum absolute atomic E-state index is 0. The number of piperazine rings is 1. The lowest BCUT2D eigenvalue weighted by molar-refractivity contribution is -0.132. The lowest BCUT2D eigenvalue weighted by Gasteiger charge is -2.29. The van der Waals surface area contributed by atoms with Crippen molar-refractivity contribution in [2.75, 3.05) is 39.8 Å². The van der Waals surface area contributed by atoms with Crippen molar-refractivity contribution in [1.29, 1.82) is 0 Å². The van der Waals surface area contributed by atoms with Gasteiger partial charge in [-0.2, -0.15) is 0 Å². The first-order chi connectivity index (χ1) is 9.58. The minimum atomic E-state index is -0.334. The molecule has 1 aliphatic rings. The summed E-state index contributed by atoms with van der Waals surface area (Å²) in [5.41, 5.74) is 0.435. The lowest BCUT2D eigenvalue weighted by Crippen LogP contribution is -2.49. The van der Waals surface area contributed by atoms with E-state index in [2.05, 4.69) is 5.32 Å². The summed E-state index contributed by atoms with van der Waals surface area (Å²) < 4.78 is 13.7. The van der Waals surface area contributed by atoms with E-state index >= 15 is 0 Å². The van der Waals surface area contributed by atoms with Crippen LogP contribution in [0.5, 0.6) is 0 Å². The molecule has 0 spiro atoms. The molecule has 1 amide bonds. The first kappa shape index (κ1) is 18.2. The summed E-state index contributed by atoms with van der Waals surface area (Å²) in [5, 5.41) is 3.60. The maximum atomic E-state index is 13.7. The van der Waals surface area contributed by atoms with Crippen molar-refractivity contribution in [2.45, 2.75) is 6.54 Å². The van der Waals surface area contributed by atoms with E-state index < -0.39 is 0 Å². The van der Waals surface area contributed by atoms with Crippen molar-refractivity contribution in [2.24, 2.45) is 0 Å². The molecule has 0 atom stereocenters. The number of benzene rings is 1. The van der Waals surface area contributed by atoms with Gasteiger partial charge in [-0.25, -0.2) is 4.39 Å². The molecule has 1 aromatic rings. The van der Waals surface area contributed by atoms with Crippen LogP contribution in [0.1, 0.15) is 5.56 Å². The number of halogens is 3. The second-order valence-corrected chi connectivity index (χ2v) is 5.41. The maximum Gasteiger partial charge on any atom is 0.236 e. The van der Waals surface area contributed by atoms with Crippen LogP contribution in [0.15, 0.2) is 18.2 Å². The molecular weight excluding hydrogens is 316 g/mol. The molecule has 0 saturated carbocycles. The van der Waals surface area contributed by atoms with Gasteiger partial charge in [0, 0.05) is 43.3 Å². The molecule has 0 aromatic heterocycles. The van der Waals surface area contributed by atoms with Gasteiger partial charge in [0.2, 0.25) is 5.91 Å². The van der Waals surface area contributed by atoms with Crippen LogP contribution in [0.2, 0.25) is 5.02 Å². The van der Waals surface area contributed by atoms with Crippen LogP contribution in [-0.4, -0.2) is 55.5 Å². The topological polar surface area (TPSA) is 35.6 Å². The first-order valence-electron chi connectivity index (χ1n) is 6.68. The third-order valence-electron chi connectivity index (χ3n) is 3.36. The van der Waals surface area contributed by atoms with Gasteiger partial charge in [0.1, 0.15) is 5.82 Å². The summed E-state index contributed by atoms with van der Waals surface area (Å²) in [6.07, 6.45) is 0. The fourth-order valence-electron chi connectivity index (χ4n) is 2.25. The van der Waals surface area contributed by atoms with E-state index in [1.165, 1.54) is 6.07 Å². The highest BCUT2D eigenvalue weighted by Crippen LogP contribution is 2.20. The van der Waals surface area contributed by atoms with Crippen LogP contribution in [-0.2, 0) is 11.3 Å². The number of hydrogen-bond donors (Lipinski definition) is 1. The Kier molecular flexibility index (Phi) is 7.39. The maximum absolute atomic E-state index is 13.7. The number of carbonyl (C=O) groups excluding carboxylic acids is 1. The molecule has 7 heteroatoms. The Labute approximate surface area is 135 Å². The van der Waals surface area contributed by atoms with Crippen LogP contribution >= 0.6 is 24.0 Å². The van der Waals surface area contributed by atoms with Crippen molar-refractivity contribution < 1.29 is 9.18 Å². The molecule has 118 valence electrons. The van der Waals surface area contributed by atoms with E-state index in [9.17, 15) is 9.18 Å². The van der Waals surface area contributed by atoms with Gasteiger partial charge in [-0.15, -0.1) is 12.4 Å². The van der Waals surface area contributed by atoms with Crippen LogP contribution in [0.25, 0.3) is 0 Å². The van der Waals surface area contributed by atoms with Crippen molar-refractivity contribution in [3.05, 3.63) is 34.6 Å². The molecule has 1 N–H and O–H groups in total. The lowest BCUT2D eigenvalue weighted by atomic mass is 10.2. The Morgan fingerprint density at radius 3 is 2.71 bits per heavy atom. The van der Waals surface area contributed by atoms with Crippen LogP contribution in [0.3, 0.4) is 0 Å². The van der Waals surface area contributed by atoms with Gasteiger partial charge in [0.15, 0.2) is 0 Å². The zero-order chi connectivity index (χ0) is 14.5. The molecular formula is C14H20Cl2FN3O. The number of rotatable bonds is 4. The zero-order valence-corrected chi connectivity index (χ0v) is 13.5. The molecule has 1 aromatic carbocycles. The summed E-state index contributed by atoms with van der Waals surface area (Å²) in [7, 11) is 1.79. The van der Waals surface area contributed by atoms with E-state index in [1.807, 2.05) is 4.90 Å². The van der Waals surface area contributed by atoms with Gasteiger partial charge in [-0.05, 0) is 19.2 Å². The second kappa shape index (κ2) is 8.54. The Morgan fingerprint density at radius 2 is 2.10 bits per heavy atom. The Balaban J connectivity index is 0.00000220. The molecule has 2 rings (SSSR count). The van der Waals surface area contributed by atoms with Gasteiger partial charge in [-0.3, -0.25) is 9.69 Å². The monoisotopic (exact) mass is 335 g/mol. The number of likely N-dealkylation sites (N-methyl/N-ethyl adjacent to an activating group) is 1. The predicted molar refractivity (Wildman–Crippen MR) is 84.4 cm³/mol. The van der Waals surface area contributed by atoms with Gasteiger partial charge < -0.3 is 10.2 Å². The van der Waals surface area contributed by atoms with Crippen molar-refractivity contribution in [1.82, 2.24) is 15.1 Å². The van der Waals surface area contributed by atoms with Crippen LogP contribution in [0.4, 0.5) is 4.39 Å². The molecule has 0 bridgehead atoms. The quantitative estimate of drug-likeness (QED) is 0.910. The molecule has 1 aliphatic heterocycles. The second-order valence-electron chi connectivity index (χ2n) is 5.00. The highest BCUT2D eigenvalue weighted by Gasteiger charge is 2.18. The molecule has 1 heterocycles. The average molecular weight is 336 g/mol. The van der Waals surface area contributed by atoms with Crippen LogP contribution < -0.4 is 5.32 Å². The SMILES string of the molecule is CN(CC(=O)N1CCNCC1)Cc1c(F)cccc1Cl.Cl. The molecule has 0 unspecified atom stereocenters. The highest BCUT2D eigenvalue weighted by atomic mass is 35.5. The summed E-state index contributed by atoms with van der Waals surface area (Å²) in [6, 6.07) is 4.62. The Morgan fingerprint density at radius 1 is 1.43 bits per heavy atom. The molecule has 21 heavy (non-hydrogen) atoms. The van der Waals surface area contributed by atoms with Gasteiger partial charge in [-0.1, -0.05) is 17.7 Å². The Hall–Kier alpha value is -0.880. The standard InChI is InChI=1S/C14H19ClFN3O.ClH/c1-18(9-11-12(15)3-2-4-13(11)16)10-14(20)19-7-5-17-6-8-19;/h2-4,17H,5-10H2,1H3;1H. The number of carbonyl (C=O) groups is 1. The summed E-state index contributed by atoms with van der Waals surface area (Å²) in [4.78, 5) is 15.7. The fraction of sp³-hybridized carbons (Fsp3) is 0.500. The number of hydrogen-bond acceptors (Lipinski definition) is 3. The van der Waals surface area contributed by atoms with Crippen molar-refractivity contribution in [3.63, 3.8) is 0 Å². The fourth-order valence-corrected chi connectivity index (χ4v) is 2.48. The van der Waals surface area contributed by atoms with Crippen molar-refractivity contribution in [3.8, 4) is 0 Å². The van der Waals surface area contributed by atoms with E-state index in [0.29, 0.717) is 17.1 Å². The van der Waals surface area contributed by atoms with Gasteiger partial charge in [0.05, 0.1) is 6.54 Å². The number of nitrogens with zero attached hydrogens (tertiary/aromatic N) is 2. The largest absolute Gasteiger partial charge is 0.339 e. The molecule has 4 nitrogen and oxygen atoms in total. The number of nitrogens with one attached hydrogen (secondary N) is 1. The normalized spacial score (nSPS) is 15.0. The minimum Gasteiger partial charge on any atom is -0.339 e.